The van der Waals surface area contributed by atoms with Gasteiger partial charge in [-0.05, 0) is 12.0 Å². The highest BCUT2D eigenvalue weighted by Gasteiger charge is 2.08. The largest absolute Gasteiger partial charge is 0.388 e. The van der Waals surface area contributed by atoms with Crippen molar-refractivity contribution in [3.63, 3.8) is 0 Å². The lowest BCUT2D eigenvalue weighted by Gasteiger charge is -2.09. The van der Waals surface area contributed by atoms with Gasteiger partial charge in [-0.2, -0.15) is 5.10 Å². The lowest BCUT2D eigenvalue weighted by molar-refractivity contribution is 0.159. The molecule has 0 saturated heterocycles. The summed E-state index contributed by atoms with van der Waals surface area (Å²) >= 11 is 0. The molecule has 0 aliphatic heterocycles. The summed E-state index contributed by atoms with van der Waals surface area (Å²) in [6.07, 6.45) is 1.38. The maximum atomic E-state index is 11.5. The first-order valence-corrected chi connectivity index (χ1v) is 5.50. The highest BCUT2D eigenvalue weighted by molar-refractivity contribution is 5.16. The third kappa shape index (κ3) is 2.62. The summed E-state index contributed by atoms with van der Waals surface area (Å²) in [5, 5.41) is 13.9. The molecule has 0 aliphatic carbocycles. The summed E-state index contributed by atoms with van der Waals surface area (Å²) in [7, 11) is 1.65. The van der Waals surface area contributed by atoms with Crippen molar-refractivity contribution in [3.05, 3.63) is 52.7 Å². The van der Waals surface area contributed by atoms with Crippen LogP contribution in [-0.2, 0) is 13.6 Å². The number of rotatable bonds is 4. The third-order valence-corrected chi connectivity index (χ3v) is 2.69. The van der Waals surface area contributed by atoms with Gasteiger partial charge in [-0.25, -0.2) is 9.48 Å². The van der Waals surface area contributed by atoms with Crippen LogP contribution in [0.15, 0.2) is 41.5 Å². The first kappa shape index (κ1) is 11.6. The third-order valence-electron chi connectivity index (χ3n) is 2.69. The van der Waals surface area contributed by atoms with E-state index in [0.717, 1.165) is 5.56 Å². The molecule has 17 heavy (non-hydrogen) atoms. The molecule has 0 saturated carbocycles. The number of hydrogen-bond donors (Lipinski definition) is 1. The van der Waals surface area contributed by atoms with Gasteiger partial charge >= 0.3 is 5.69 Å². The normalized spacial score (nSPS) is 12.6. The van der Waals surface area contributed by atoms with Crippen LogP contribution in [-0.4, -0.2) is 19.5 Å². The number of aliphatic hydroxyl groups is 1. The van der Waals surface area contributed by atoms with Gasteiger partial charge in [-0.3, -0.25) is 4.57 Å². The maximum absolute atomic E-state index is 11.5. The van der Waals surface area contributed by atoms with Gasteiger partial charge in [-0.1, -0.05) is 30.3 Å². The summed E-state index contributed by atoms with van der Waals surface area (Å²) in [6, 6.07) is 9.40. The van der Waals surface area contributed by atoms with E-state index < -0.39 is 6.10 Å². The van der Waals surface area contributed by atoms with E-state index in [0.29, 0.717) is 13.0 Å². The van der Waals surface area contributed by atoms with Crippen LogP contribution in [0.3, 0.4) is 0 Å². The van der Waals surface area contributed by atoms with E-state index in [1.165, 1.54) is 15.6 Å². The Labute approximate surface area is 98.9 Å². The van der Waals surface area contributed by atoms with Gasteiger partial charge in [-0.15, -0.1) is 0 Å². The van der Waals surface area contributed by atoms with Crippen molar-refractivity contribution in [1.82, 2.24) is 14.3 Å². The molecule has 5 nitrogen and oxygen atoms in total. The summed E-state index contributed by atoms with van der Waals surface area (Å²) in [6.45, 7) is 0.412. The van der Waals surface area contributed by atoms with Crippen molar-refractivity contribution in [3.8, 4) is 0 Å². The van der Waals surface area contributed by atoms with Crippen LogP contribution in [0.4, 0.5) is 0 Å². The molecule has 5 heteroatoms. The van der Waals surface area contributed by atoms with E-state index in [4.69, 9.17) is 0 Å². The number of benzene rings is 1. The van der Waals surface area contributed by atoms with Gasteiger partial charge in [0.2, 0.25) is 0 Å². The van der Waals surface area contributed by atoms with Crippen molar-refractivity contribution in [2.24, 2.45) is 7.05 Å². The molecule has 0 radical (unpaired) electrons. The van der Waals surface area contributed by atoms with Crippen LogP contribution in [0.1, 0.15) is 18.1 Å². The molecule has 0 aliphatic rings. The second kappa shape index (κ2) is 4.97. The minimum absolute atomic E-state index is 0.162. The van der Waals surface area contributed by atoms with Crippen LogP contribution in [0, 0.1) is 0 Å². The Bertz CT molecular complexity index is 530. The first-order valence-electron chi connectivity index (χ1n) is 5.50. The van der Waals surface area contributed by atoms with Gasteiger partial charge in [0, 0.05) is 13.6 Å². The number of nitrogens with zero attached hydrogens (tertiary/aromatic N) is 3. The van der Waals surface area contributed by atoms with E-state index in [1.54, 1.807) is 7.05 Å². The average Bonchev–Trinajstić information content (AvgIpc) is 2.68. The summed E-state index contributed by atoms with van der Waals surface area (Å²) in [5.74, 6) is 0. The summed E-state index contributed by atoms with van der Waals surface area (Å²) in [5.41, 5.74) is 0.696. The molecule has 0 bridgehead atoms. The predicted molar refractivity (Wildman–Crippen MR) is 63.5 cm³/mol. The fourth-order valence-corrected chi connectivity index (χ4v) is 1.66. The number of aryl methyl sites for hydroxylation is 2. The van der Waals surface area contributed by atoms with E-state index >= 15 is 0 Å². The van der Waals surface area contributed by atoms with E-state index in [2.05, 4.69) is 5.10 Å². The lowest BCUT2D eigenvalue weighted by atomic mass is 10.1. The van der Waals surface area contributed by atoms with Gasteiger partial charge in [0.1, 0.15) is 6.33 Å². The van der Waals surface area contributed by atoms with Gasteiger partial charge in [0.05, 0.1) is 6.10 Å². The minimum atomic E-state index is -0.565. The number of aliphatic hydroxyl groups excluding tert-OH is 1. The fourth-order valence-electron chi connectivity index (χ4n) is 1.66. The molecule has 1 heterocycles. The van der Waals surface area contributed by atoms with Gasteiger partial charge < -0.3 is 5.11 Å². The van der Waals surface area contributed by atoms with Crippen molar-refractivity contribution in [1.29, 1.82) is 0 Å². The van der Waals surface area contributed by atoms with Crippen molar-refractivity contribution >= 4 is 0 Å². The zero-order chi connectivity index (χ0) is 12.3. The SMILES string of the molecule is Cn1cnn(CCC(O)c2ccccc2)c1=O. The Kier molecular flexibility index (Phi) is 3.39. The minimum Gasteiger partial charge on any atom is -0.388 e. The Morgan fingerprint density at radius 1 is 1.35 bits per heavy atom. The molecule has 1 N–H and O–H groups in total. The Morgan fingerprint density at radius 2 is 2.06 bits per heavy atom. The van der Waals surface area contributed by atoms with Crippen molar-refractivity contribution in [2.45, 2.75) is 19.1 Å². The van der Waals surface area contributed by atoms with E-state index in [-0.39, 0.29) is 5.69 Å². The average molecular weight is 233 g/mol. The standard InChI is InChI=1S/C12H15N3O2/c1-14-9-13-15(12(14)17)8-7-11(16)10-5-3-2-4-6-10/h2-6,9,11,16H,7-8H2,1H3. The number of hydrogen-bond acceptors (Lipinski definition) is 3. The van der Waals surface area contributed by atoms with Crippen LogP contribution in [0.25, 0.3) is 0 Å². The van der Waals surface area contributed by atoms with Crippen LogP contribution in [0.2, 0.25) is 0 Å². The topological polar surface area (TPSA) is 60.1 Å². The molecular weight excluding hydrogens is 218 g/mol. The van der Waals surface area contributed by atoms with Crippen molar-refractivity contribution < 1.29 is 5.11 Å². The lowest BCUT2D eigenvalue weighted by Crippen LogP contribution is -2.23. The Morgan fingerprint density at radius 3 is 2.65 bits per heavy atom. The smallest absolute Gasteiger partial charge is 0.345 e. The fraction of sp³-hybridized carbons (Fsp3) is 0.333. The van der Waals surface area contributed by atoms with E-state index in [9.17, 15) is 9.90 Å². The Hall–Kier alpha value is -1.88. The molecular formula is C12H15N3O2. The van der Waals surface area contributed by atoms with Crippen molar-refractivity contribution in [2.75, 3.05) is 0 Å². The predicted octanol–water partition coefficient (Wildman–Crippen LogP) is 0.705. The van der Waals surface area contributed by atoms with E-state index in [1.807, 2.05) is 30.3 Å². The highest BCUT2D eigenvalue weighted by atomic mass is 16.3. The van der Waals surface area contributed by atoms with Crippen LogP contribution >= 0.6 is 0 Å². The number of aromatic nitrogens is 3. The van der Waals surface area contributed by atoms with Crippen LogP contribution in [0.5, 0.6) is 0 Å². The highest BCUT2D eigenvalue weighted by Crippen LogP contribution is 2.15. The zero-order valence-electron chi connectivity index (χ0n) is 9.65. The second-order valence-corrected chi connectivity index (χ2v) is 3.96. The molecule has 0 spiro atoms. The summed E-state index contributed by atoms with van der Waals surface area (Å²) < 4.78 is 2.76. The Balaban J connectivity index is 1.99. The molecule has 2 rings (SSSR count). The molecule has 0 fully saturated rings. The zero-order valence-corrected chi connectivity index (χ0v) is 9.65. The summed E-state index contributed by atoms with van der Waals surface area (Å²) in [4.78, 5) is 11.5. The quantitative estimate of drug-likeness (QED) is 0.845. The molecule has 2 aromatic rings. The molecule has 90 valence electrons. The monoisotopic (exact) mass is 233 g/mol. The molecule has 1 unspecified atom stereocenters. The molecule has 1 atom stereocenters. The first-order chi connectivity index (χ1) is 8.18. The molecule has 1 aromatic carbocycles. The molecule has 0 amide bonds. The van der Waals surface area contributed by atoms with Gasteiger partial charge in [0.25, 0.3) is 0 Å². The van der Waals surface area contributed by atoms with Crippen LogP contribution < -0.4 is 5.69 Å². The maximum Gasteiger partial charge on any atom is 0.345 e. The second-order valence-electron chi connectivity index (χ2n) is 3.96. The van der Waals surface area contributed by atoms with Gasteiger partial charge in [0.15, 0.2) is 0 Å². The molecule has 1 aromatic heterocycles.